The zero-order valence-electron chi connectivity index (χ0n) is 18.2. The molecule has 1 fully saturated rings. The summed E-state index contributed by atoms with van der Waals surface area (Å²) in [6, 6.07) is 10.7. The molecule has 0 spiro atoms. The van der Waals surface area contributed by atoms with Crippen LogP contribution < -0.4 is 5.32 Å². The molecular formula is C24H28N4O2S. The number of benzene rings is 1. The summed E-state index contributed by atoms with van der Waals surface area (Å²) in [6.45, 7) is 5.02. The highest BCUT2D eigenvalue weighted by molar-refractivity contribution is 7.08. The summed E-state index contributed by atoms with van der Waals surface area (Å²) in [7, 11) is 1.67. The molecule has 1 N–H and O–H groups in total. The average molecular weight is 437 g/mol. The number of nitrogens with one attached hydrogen (secondary N) is 1. The summed E-state index contributed by atoms with van der Waals surface area (Å²) in [5, 5.41) is 11.3. The molecule has 0 bridgehead atoms. The van der Waals surface area contributed by atoms with E-state index < -0.39 is 5.41 Å². The molecule has 3 heterocycles. The first kappa shape index (κ1) is 21.3. The number of hydrogen-bond acceptors (Lipinski definition) is 4. The van der Waals surface area contributed by atoms with Crippen LogP contribution in [-0.2, 0) is 11.2 Å². The normalized spacial score (nSPS) is 18.5. The lowest BCUT2D eigenvalue weighted by molar-refractivity contribution is -0.129. The number of rotatable bonds is 6. The predicted octanol–water partition coefficient (Wildman–Crippen LogP) is 4.01. The Hall–Kier alpha value is -2.93. The number of carbonyl (C=O) groups is 2. The van der Waals surface area contributed by atoms with Crippen LogP contribution in [0.5, 0.6) is 0 Å². The molecule has 6 nitrogen and oxygen atoms in total. The van der Waals surface area contributed by atoms with Crippen LogP contribution >= 0.6 is 11.3 Å². The Bertz CT molecular complexity index is 1060. The zero-order chi connectivity index (χ0) is 22.0. The lowest BCUT2D eigenvalue weighted by atomic mass is 9.79. The second kappa shape index (κ2) is 8.67. The number of hydrogen-bond donors (Lipinski definition) is 1. The monoisotopic (exact) mass is 436 g/mol. The van der Waals surface area contributed by atoms with Crippen molar-refractivity contribution in [3.05, 3.63) is 64.6 Å². The van der Waals surface area contributed by atoms with E-state index in [2.05, 4.69) is 51.5 Å². The van der Waals surface area contributed by atoms with Crippen molar-refractivity contribution in [3.8, 4) is 11.1 Å². The van der Waals surface area contributed by atoms with Crippen LogP contribution in [0.15, 0.2) is 53.5 Å². The van der Waals surface area contributed by atoms with Gasteiger partial charge in [-0.05, 0) is 60.2 Å². The fraction of sp³-hybridized carbons (Fsp3) is 0.375. The molecule has 31 heavy (non-hydrogen) atoms. The molecule has 1 aromatic carbocycles. The maximum Gasteiger partial charge on any atom is 0.257 e. The molecule has 1 aliphatic heterocycles. The van der Waals surface area contributed by atoms with Crippen LogP contribution in [0.2, 0.25) is 0 Å². The van der Waals surface area contributed by atoms with E-state index in [0.717, 1.165) is 5.56 Å². The first-order valence-corrected chi connectivity index (χ1v) is 11.5. The fourth-order valence-electron chi connectivity index (χ4n) is 4.27. The molecule has 2 amide bonds. The molecular weight excluding hydrogens is 408 g/mol. The van der Waals surface area contributed by atoms with Crippen LogP contribution in [-0.4, -0.2) is 46.6 Å². The fourth-order valence-corrected chi connectivity index (χ4v) is 4.93. The van der Waals surface area contributed by atoms with Crippen LogP contribution in [0.25, 0.3) is 11.1 Å². The van der Waals surface area contributed by atoms with Gasteiger partial charge < -0.3 is 10.2 Å². The van der Waals surface area contributed by atoms with E-state index in [1.54, 1.807) is 40.4 Å². The Morgan fingerprint density at radius 3 is 2.58 bits per heavy atom. The van der Waals surface area contributed by atoms with Crippen molar-refractivity contribution >= 4 is 23.2 Å². The molecule has 0 radical (unpaired) electrons. The molecule has 1 atom stereocenters. The third-order valence-corrected chi connectivity index (χ3v) is 6.76. The Morgan fingerprint density at radius 2 is 1.97 bits per heavy atom. The Balaban J connectivity index is 1.52. The number of thiophene rings is 1. The molecule has 1 aliphatic rings. The number of carbonyl (C=O) groups excluding carboxylic acids is 2. The number of likely N-dealkylation sites (tertiary alicyclic amines) is 1. The molecule has 0 saturated carbocycles. The van der Waals surface area contributed by atoms with Gasteiger partial charge in [0.05, 0.1) is 17.2 Å². The summed E-state index contributed by atoms with van der Waals surface area (Å²) in [5.41, 5.74) is 3.43. The number of nitrogens with zero attached hydrogens (tertiary/aromatic N) is 3. The van der Waals surface area contributed by atoms with Crippen LogP contribution in [0, 0.1) is 5.41 Å². The van der Waals surface area contributed by atoms with E-state index in [1.807, 2.05) is 13.8 Å². The lowest BCUT2D eigenvalue weighted by Crippen LogP contribution is -2.44. The van der Waals surface area contributed by atoms with Crippen molar-refractivity contribution in [1.29, 1.82) is 0 Å². The first-order chi connectivity index (χ1) is 14.9. The van der Waals surface area contributed by atoms with Gasteiger partial charge in [0, 0.05) is 32.4 Å². The summed E-state index contributed by atoms with van der Waals surface area (Å²) in [6.07, 6.45) is 4.65. The van der Waals surface area contributed by atoms with Gasteiger partial charge in [0.15, 0.2) is 0 Å². The van der Waals surface area contributed by atoms with Crippen molar-refractivity contribution < 1.29 is 9.59 Å². The highest BCUT2D eigenvalue weighted by atomic mass is 32.1. The second-order valence-corrected chi connectivity index (χ2v) is 9.30. The van der Waals surface area contributed by atoms with Gasteiger partial charge in [0.2, 0.25) is 5.91 Å². The molecule has 2 aromatic heterocycles. The minimum atomic E-state index is -0.623. The summed E-state index contributed by atoms with van der Waals surface area (Å²) in [5.74, 6) is -0.0759. The van der Waals surface area contributed by atoms with E-state index in [4.69, 9.17) is 0 Å². The van der Waals surface area contributed by atoms with E-state index in [1.165, 1.54) is 11.1 Å². The Labute approximate surface area is 186 Å². The highest BCUT2D eigenvalue weighted by Crippen LogP contribution is 2.36. The lowest BCUT2D eigenvalue weighted by Gasteiger charge is -2.27. The number of aromatic nitrogens is 2. The minimum Gasteiger partial charge on any atom is -0.359 e. The van der Waals surface area contributed by atoms with Gasteiger partial charge in [-0.3, -0.25) is 14.3 Å². The smallest absolute Gasteiger partial charge is 0.257 e. The van der Waals surface area contributed by atoms with Crippen LogP contribution in [0.1, 0.15) is 42.2 Å². The molecule has 1 saturated heterocycles. The van der Waals surface area contributed by atoms with Gasteiger partial charge in [-0.1, -0.05) is 24.3 Å². The van der Waals surface area contributed by atoms with Crippen molar-refractivity contribution in [2.45, 2.75) is 32.7 Å². The van der Waals surface area contributed by atoms with Gasteiger partial charge >= 0.3 is 0 Å². The van der Waals surface area contributed by atoms with Crippen LogP contribution in [0.3, 0.4) is 0 Å². The zero-order valence-corrected chi connectivity index (χ0v) is 19.0. The molecule has 3 aromatic rings. The van der Waals surface area contributed by atoms with Crippen molar-refractivity contribution in [3.63, 3.8) is 0 Å². The van der Waals surface area contributed by atoms with E-state index >= 15 is 0 Å². The van der Waals surface area contributed by atoms with Gasteiger partial charge in [0.1, 0.15) is 0 Å². The highest BCUT2D eigenvalue weighted by Gasteiger charge is 2.45. The minimum absolute atomic E-state index is 0.0115. The predicted molar refractivity (Wildman–Crippen MR) is 123 cm³/mol. The average Bonchev–Trinajstić information content (AvgIpc) is 3.54. The van der Waals surface area contributed by atoms with Crippen LogP contribution in [0.4, 0.5) is 0 Å². The van der Waals surface area contributed by atoms with E-state index in [-0.39, 0.29) is 17.9 Å². The van der Waals surface area contributed by atoms with Gasteiger partial charge in [-0.2, -0.15) is 16.4 Å². The van der Waals surface area contributed by atoms with Gasteiger partial charge in [0.25, 0.3) is 5.91 Å². The largest absolute Gasteiger partial charge is 0.359 e. The summed E-state index contributed by atoms with van der Waals surface area (Å²) in [4.78, 5) is 27.8. The van der Waals surface area contributed by atoms with Crippen molar-refractivity contribution in [2.24, 2.45) is 5.41 Å². The molecule has 4 rings (SSSR count). The topological polar surface area (TPSA) is 67.2 Å². The Morgan fingerprint density at radius 1 is 1.19 bits per heavy atom. The maximum absolute atomic E-state index is 13.1. The maximum atomic E-state index is 13.1. The standard InChI is InChI=1S/C24H28N4O2S/c1-17(2)28-14-21(13-26-28)22(29)27-10-9-24(16-27,23(30)25-3)12-18-4-6-19(7-5-18)20-8-11-31-15-20/h4-8,11,13-15,17H,9-10,12,16H2,1-3H3,(H,25,30)/t24-/m1/s1. The summed E-state index contributed by atoms with van der Waals surface area (Å²) >= 11 is 1.68. The van der Waals surface area contributed by atoms with E-state index in [9.17, 15) is 9.59 Å². The summed E-state index contributed by atoms with van der Waals surface area (Å²) < 4.78 is 1.78. The van der Waals surface area contributed by atoms with Crippen molar-refractivity contribution in [2.75, 3.05) is 20.1 Å². The molecule has 7 heteroatoms. The van der Waals surface area contributed by atoms with Gasteiger partial charge in [-0.15, -0.1) is 0 Å². The SMILES string of the molecule is CNC(=O)[C@@]1(Cc2ccc(-c3ccsc3)cc2)CCN(C(=O)c2cnn(C(C)C)c2)C1. The second-order valence-electron chi connectivity index (χ2n) is 8.52. The molecule has 0 unspecified atom stereocenters. The first-order valence-electron chi connectivity index (χ1n) is 10.6. The van der Waals surface area contributed by atoms with E-state index in [0.29, 0.717) is 31.5 Å². The Kier molecular flexibility index (Phi) is 5.96. The quantitative estimate of drug-likeness (QED) is 0.635. The molecule has 0 aliphatic carbocycles. The molecule has 162 valence electrons. The van der Waals surface area contributed by atoms with Gasteiger partial charge in [-0.25, -0.2) is 0 Å². The third-order valence-electron chi connectivity index (χ3n) is 6.08. The number of amides is 2. The third kappa shape index (κ3) is 4.28. The van der Waals surface area contributed by atoms with Crippen molar-refractivity contribution in [1.82, 2.24) is 20.0 Å².